The number of benzene rings is 2. The lowest BCUT2D eigenvalue weighted by molar-refractivity contribution is -0.137. The Kier molecular flexibility index (Phi) is 6.35. The number of aromatic amines is 1. The summed E-state index contributed by atoms with van der Waals surface area (Å²) in [5, 5.41) is 12.8. The molecule has 3 heterocycles. The summed E-state index contributed by atoms with van der Waals surface area (Å²) in [5.74, 6) is 1.44. The molecule has 0 atom stereocenters. The minimum Gasteiger partial charge on any atom is -0.494 e. The molecule has 0 aliphatic heterocycles. The molecule has 0 unspecified atom stereocenters. The van der Waals surface area contributed by atoms with Gasteiger partial charge in [0.1, 0.15) is 11.5 Å². The van der Waals surface area contributed by atoms with Crippen molar-refractivity contribution in [1.82, 2.24) is 9.97 Å². The van der Waals surface area contributed by atoms with Crippen LogP contribution in [-0.4, -0.2) is 21.7 Å². The Hall–Kier alpha value is -3.57. The Morgan fingerprint density at radius 3 is 2.61 bits per heavy atom. The summed E-state index contributed by atoms with van der Waals surface area (Å²) in [6.07, 6.45) is -3.52. The van der Waals surface area contributed by atoms with E-state index in [0.29, 0.717) is 47.1 Å². The summed E-state index contributed by atoms with van der Waals surface area (Å²) in [4.78, 5) is 18.6. The van der Waals surface area contributed by atoms with Crippen molar-refractivity contribution >= 4 is 32.8 Å². The number of rotatable bonds is 7. The van der Waals surface area contributed by atoms with Crippen LogP contribution in [0.3, 0.4) is 0 Å². The molecule has 0 aliphatic rings. The third-order valence-electron chi connectivity index (χ3n) is 5.66. The van der Waals surface area contributed by atoms with Gasteiger partial charge in [-0.25, -0.2) is 4.98 Å². The second-order valence-corrected chi connectivity index (χ2v) is 10.0. The Bertz CT molecular complexity index is 1580. The van der Waals surface area contributed by atoms with Crippen LogP contribution in [-0.2, 0) is 19.0 Å². The topological polar surface area (TPSA) is 88.4 Å². The molecule has 0 aliphatic carbocycles. The average Bonchev–Trinajstić information content (AvgIpc) is 3.54. The predicted octanol–water partition coefficient (Wildman–Crippen LogP) is 6.55. The fraction of sp³-hybridized carbons (Fsp3) is 0.200. The van der Waals surface area contributed by atoms with E-state index < -0.39 is 11.7 Å². The van der Waals surface area contributed by atoms with Crippen molar-refractivity contribution in [2.75, 3.05) is 6.61 Å². The Labute approximate surface area is 210 Å². The first-order valence-electron chi connectivity index (χ1n) is 10.9. The third-order valence-corrected chi connectivity index (χ3v) is 7.52. The van der Waals surface area contributed by atoms with Crippen molar-refractivity contribution in [3.05, 3.63) is 85.0 Å². The van der Waals surface area contributed by atoms with Gasteiger partial charge in [0.25, 0.3) is 0 Å². The van der Waals surface area contributed by atoms with Crippen LogP contribution in [0.15, 0.2) is 57.1 Å². The molecule has 5 aromatic rings. The van der Waals surface area contributed by atoms with Crippen molar-refractivity contribution in [3.63, 3.8) is 0 Å². The normalized spacial score (nSPS) is 11.9. The van der Waals surface area contributed by atoms with Crippen molar-refractivity contribution < 1.29 is 27.4 Å². The summed E-state index contributed by atoms with van der Waals surface area (Å²) < 4.78 is 51.2. The number of oxazole rings is 1. The Balaban J connectivity index is 1.28. The number of fused-ring (bicyclic) bond motifs is 1. The van der Waals surface area contributed by atoms with Gasteiger partial charge in [0.15, 0.2) is 0 Å². The van der Waals surface area contributed by atoms with Gasteiger partial charge in [0.05, 0.1) is 22.7 Å². The van der Waals surface area contributed by atoms with Crippen molar-refractivity contribution in [2.45, 2.75) is 25.9 Å². The van der Waals surface area contributed by atoms with Crippen LogP contribution < -0.4 is 9.61 Å². The first kappa shape index (κ1) is 24.1. The van der Waals surface area contributed by atoms with E-state index in [4.69, 9.17) is 9.15 Å². The van der Waals surface area contributed by atoms with Gasteiger partial charge in [-0.1, -0.05) is 17.4 Å². The molecule has 0 amide bonds. The smallest absolute Gasteiger partial charge is 0.416 e. The highest BCUT2D eigenvalue weighted by molar-refractivity contribution is 7.17. The maximum absolute atomic E-state index is 12.8. The van der Waals surface area contributed by atoms with Crippen LogP contribution in [0.4, 0.5) is 13.2 Å². The number of nitrogens with zero attached hydrogens (tertiary/aromatic N) is 1. The van der Waals surface area contributed by atoms with Gasteiger partial charge in [0, 0.05) is 28.5 Å². The molecule has 11 heteroatoms. The van der Waals surface area contributed by atoms with Gasteiger partial charge in [-0.2, -0.15) is 13.2 Å². The highest BCUT2D eigenvalue weighted by Crippen LogP contribution is 2.35. The molecule has 0 saturated carbocycles. The number of alkyl halides is 3. The molecule has 5 rings (SSSR count). The molecule has 186 valence electrons. The highest BCUT2D eigenvalue weighted by Gasteiger charge is 2.30. The lowest BCUT2D eigenvalue weighted by atomic mass is 10.1. The maximum atomic E-state index is 12.8. The maximum Gasteiger partial charge on any atom is 0.416 e. The number of aromatic hydroxyl groups is 1. The van der Waals surface area contributed by atoms with Crippen LogP contribution in [0.25, 0.3) is 21.5 Å². The number of ether oxygens (including phenoxy) is 1. The number of nitrogens with one attached hydrogen (secondary N) is 1. The highest BCUT2D eigenvalue weighted by atomic mass is 32.1. The molecule has 3 aromatic heterocycles. The molecule has 0 fully saturated rings. The molecule has 0 radical (unpaired) electrons. The van der Waals surface area contributed by atoms with Crippen LogP contribution in [0, 0.1) is 6.92 Å². The molecule has 6 nitrogen and oxygen atoms in total. The second-order valence-electron chi connectivity index (χ2n) is 8.04. The number of hydrogen-bond acceptors (Lipinski definition) is 7. The first-order chi connectivity index (χ1) is 17.2. The number of aromatic nitrogens is 2. The summed E-state index contributed by atoms with van der Waals surface area (Å²) in [6.45, 7) is 2.08. The standard InChI is InChI=1S/C25H19F3N2O4S2/c1-13-18(29-23(34-13)14-2-5-16(6-3-14)25(26,27)28)8-10-33-19-7-4-15(21-17(19)9-11-35-21)12-20-22(31)30-24(32)36-20/h2-7,9,11,31H,8,10,12H2,1H3,(H,30,32). The predicted molar refractivity (Wildman–Crippen MR) is 132 cm³/mol. The van der Waals surface area contributed by atoms with Gasteiger partial charge < -0.3 is 14.3 Å². The molecule has 2 aromatic carbocycles. The minimum atomic E-state index is -4.40. The number of thiophene rings is 1. The number of aryl methyl sites for hydroxylation is 1. The first-order valence-corrected chi connectivity index (χ1v) is 12.6. The van der Waals surface area contributed by atoms with Gasteiger partial charge in [0.2, 0.25) is 11.8 Å². The zero-order chi connectivity index (χ0) is 25.4. The summed E-state index contributed by atoms with van der Waals surface area (Å²) in [6, 6.07) is 10.4. The van der Waals surface area contributed by atoms with E-state index in [-0.39, 0.29) is 16.6 Å². The van der Waals surface area contributed by atoms with E-state index in [1.807, 2.05) is 23.6 Å². The Morgan fingerprint density at radius 2 is 1.92 bits per heavy atom. The SMILES string of the molecule is Cc1oc(-c2ccc(C(F)(F)F)cc2)nc1CCOc1ccc(Cc2sc(=O)[nH]c2O)c2sccc12. The van der Waals surface area contributed by atoms with Crippen LogP contribution >= 0.6 is 22.7 Å². The monoisotopic (exact) mass is 532 g/mol. The molecule has 2 N–H and O–H groups in total. The zero-order valence-corrected chi connectivity index (χ0v) is 20.4. The van der Waals surface area contributed by atoms with Gasteiger partial charge in [-0.15, -0.1) is 11.3 Å². The number of halogens is 3. The average molecular weight is 533 g/mol. The quantitative estimate of drug-likeness (QED) is 0.248. The summed E-state index contributed by atoms with van der Waals surface area (Å²) in [7, 11) is 0. The minimum absolute atomic E-state index is 0.103. The van der Waals surface area contributed by atoms with Crippen molar-refractivity contribution in [1.29, 1.82) is 0 Å². The number of hydrogen-bond donors (Lipinski definition) is 2. The largest absolute Gasteiger partial charge is 0.494 e. The fourth-order valence-corrected chi connectivity index (χ4v) is 5.52. The van der Waals surface area contributed by atoms with E-state index in [2.05, 4.69) is 9.97 Å². The number of thiazole rings is 1. The Morgan fingerprint density at radius 1 is 1.14 bits per heavy atom. The van der Waals surface area contributed by atoms with Crippen molar-refractivity contribution in [3.8, 4) is 23.1 Å². The summed E-state index contributed by atoms with van der Waals surface area (Å²) in [5.41, 5.74) is 1.38. The van der Waals surface area contributed by atoms with E-state index in [1.165, 1.54) is 12.1 Å². The van der Waals surface area contributed by atoms with Crippen LogP contribution in [0.5, 0.6) is 11.6 Å². The van der Waals surface area contributed by atoms with Gasteiger partial charge in [-0.05, 0) is 54.3 Å². The molecule has 0 bridgehead atoms. The van der Waals surface area contributed by atoms with E-state index in [1.54, 1.807) is 18.3 Å². The third kappa shape index (κ3) is 4.89. The fourth-order valence-electron chi connectivity index (χ4n) is 3.85. The van der Waals surface area contributed by atoms with Crippen LogP contribution in [0.1, 0.15) is 27.5 Å². The van der Waals surface area contributed by atoms with Crippen LogP contribution in [0.2, 0.25) is 0 Å². The van der Waals surface area contributed by atoms with Gasteiger partial charge in [-0.3, -0.25) is 9.78 Å². The van der Waals surface area contributed by atoms with E-state index in [9.17, 15) is 23.1 Å². The molecule has 0 spiro atoms. The molecule has 36 heavy (non-hydrogen) atoms. The molecular formula is C25H19F3N2O4S2. The lowest BCUT2D eigenvalue weighted by Crippen LogP contribution is -2.04. The lowest BCUT2D eigenvalue weighted by Gasteiger charge is -2.09. The number of H-pyrrole nitrogens is 1. The summed E-state index contributed by atoms with van der Waals surface area (Å²) >= 11 is 2.54. The van der Waals surface area contributed by atoms with Gasteiger partial charge >= 0.3 is 11.0 Å². The zero-order valence-electron chi connectivity index (χ0n) is 18.8. The molecule has 0 saturated heterocycles. The van der Waals surface area contributed by atoms with E-state index in [0.717, 1.165) is 39.1 Å². The van der Waals surface area contributed by atoms with Crippen molar-refractivity contribution in [2.24, 2.45) is 0 Å². The second kappa shape index (κ2) is 9.47. The van der Waals surface area contributed by atoms with E-state index >= 15 is 0 Å². The molecular weight excluding hydrogens is 513 g/mol.